The zero-order valence-corrected chi connectivity index (χ0v) is 16.6. The molecule has 0 fully saturated rings. The number of aromatic nitrogens is 6. The maximum absolute atomic E-state index is 13.3. The summed E-state index contributed by atoms with van der Waals surface area (Å²) in [5.74, 6) is 0.104. The van der Waals surface area contributed by atoms with E-state index in [-0.39, 0.29) is 17.7 Å². The minimum atomic E-state index is -0.483. The fraction of sp³-hybridized carbons (Fsp3) is 0.316. The van der Waals surface area contributed by atoms with Gasteiger partial charge in [-0.05, 0) is 18.2 Å². The van der Waals surface area contributed by atoms with Gasteiger partial charge in [0, 0.05) is 30.8 Å². The van der Waals surface area contributed by atoms with Crippen molar-refractivity contribution in [3.8, 4) is 0 Å². The molecular formula is C19H18ClN7O2. The van der Waals surface area contributed by atoms with E-state index in [1.54, 1.807) is 21.8 Å². The van der Waals surface area contributed by atoms with Crippen molar-refractivity contribution < 1.29 is 9.21 Å². The summed E-state index contributed by atoms with van der Waals surface area (Å²) in [4.78, 5) is 22.6. The lowest BCUT2D eigenvalue weighted by Gasteiger charge is -2.32. The molecule has 29 heavy (non-hydrogen) atoms. The second-order valence-corrected chi connectivity index (χ2v) is 7.68. The van der Waals surface area contributed by atoms with Crippen LogP contribution in [0.3, 0.4) is 0 Å². The zero-order valence-electron chi connectivity index (χ0n) is 15.8. The fourth-order valence-corrected chi connectivity index (χ4v) is 3.82. The summed E-state index contributed by atoms with van der Waals surface area (Å²) in [5, 5.41) is 13.2. The van der Waals surface area contributed by atoms with Gasteiger partial charge < -0.3 is 14.3 Å². The van der Waals surface area contributed by atoms with Gasteiger partial charge in [0.1, 0.15) is 6.04 Å². The number of pyridine rings is 1. The third-order valence-electron chi connectivity index (χ3n) is 5.05. The van der Waals surface area contributed by atoms with Crippen LogP contribution in [-0.2, 0) is 6.42 Å². The summed E-state index contributed by atoms with van der Waals surface area (Å²) in [6, 6.07) is 5.02. The molecule has 4 aromatic rings. The number of carbonyl (C=O) groups is 1. The quantitative estimate of drug-likeness (QED) is 0.555. The number of aromatic amines is 1. The van der Waals surface area contributed by atoms with Crippen molar-refractivity contribution in [2.45, 2.75) is 32.2 Å². The van der Waals surface area contributed by atoms with Crippen LogP contribution in [0.25, 0.3) is 5.52 Å². The fourth-order valence-electron chi connectivity index (χ4n) is 3.61. The van der Waals surface area contributed by atoms with Crippen LogP contribution in [0, 0.1) is 0 Å². The average molecular weight is 412 g/mol. The number of carbonyl (C=O) groups excluding carboxylic acids is 1. The van der Waals surface area contributed by atoms with Crippen LogP contribution in [0.2, 0.25) is 5.02 Å². The largest absolute Gasteiger partial charge is 0.417 e. The average Bonchev–Trinajstić information content (AvgIpc) is 3.44. The monoisotopic (exact) mass is 411 g/mol. The van der Waals surface area contributed by atoms with Gasteiger partial charge in [-0.2, -0.15) is 5.10 Å². The SMILES string of the molecule is CC(C)c1nnc(C(=O)N2CCc3[nH]cnc3C2c2cc3c(Cl)cccn3n2)o1. The topological polar surface area (TPSA) is 105 Å². The highest BCUT2D eigenvalue weighted by molar-refractivity contribution is 6.33. The molecule has 1 N–H and O–H groups in total. The van der Waals surface area contributed by atoms with E-state index < -0.39 is 6.04 Å². The van der Waals surface area contributed by atoms with Crippen LogP contribution in [0.15, 0.2) is 35.1 Å². The van der Waals surface area contributed by atoms with Crippen molar-refractivity contribution in [3.63, 3.8) is 0 Å². The number of H-pyrrole nitrogens is 1. The Morgan fingerprint density at radius 1 is 1.38 bits per heavy atom. The van der Waals surface area contributed by atoms with Gasteiger partial charge in [0.15, 0.2) is 0 Å². The molecular weight excluding hydrogens is 394 g/mol. The number of amides is 1. The molecule has 5 rings (SSSR count). The Kier molecular flexibility index (Phi) is 4.13. The molecule has 148 valence electrons. The predicted molar refractivity (Wildman–Crippen MR) is 104 cm³/mol. The maximum atomic E-state index is 13.3. The summed E-state index contributed by atoms with van der Waals surface area (Å²) >= 11 is 6.32. The molecule has 0 spiro atoms. The summed E-state index contributed by atoms with van der Waals surface area (Å²) in [6.07, 6.45) is 4.10. The lowest BCUT2D eigenvalue weighted by atomic mass is 9.99. The molecule has 1 unspecified atom stereocenters. The van der Waals surface area contributed by atoms with E-state index in [1.807, 2.05) is 32.2 Å². The molecule has 0 saturated heterocycles. The van der Waals surface area contributed by atoms with Gasteiger partial charge in [0.05, 0.1) is 28.3 Å². The smallest absolute Gasteiger partial charge is 0.312 e. The highest BCUT2D eigenvalue weighted by Crippen LogP contribution is 2.35. The molecule has 4 aromatic heterocycles. The van der Waals surface area contributed by atoms with Crippen molar-refractivity contribution in [2.24, 2.45) is 0 Å². The Morgan fingerprint density at radius 2 is 2.24 bits per heavy atom. The van der Waals surface area contributed by atoms with E-state index in [4.69, 9.17) is 16.0 Å². The number of fused-ring (bicyclic) bond motifs is 2. The number of imidazole rings is 1. The Morgan fingerprint density at radius 3 is 3.00 bits per heavy atom. The highest BCUT2D eigenvalue weighted by Gasteiger charge is 2.38. The van der Waals surface area contributed by atoms with Crippen molar-refractivity contribution in [2.75, 3.05) is 6.54 Å². The molecule has 1 aliphatic rings. The molecule has 1 aliphatic heterocycles. The van der Waals surface area contributed by atoms with E-state index in [2.05, 4.69) is 25.3 Å². The number of hydrogen-bond donors (Lipinski definition) is 1. The van der Waals surface area contributed by atoms with Gasteiger partial charge >= 0.3 is 11.8 Å². The first-order chi connectivity index (χ1) is 14.0. The first kappa shape index (κ1) is 17.9. The normalized spacial score (nSPS) is 16.6. The molecule has 1 atom stereocenters. The van der Waals surface area contributed by atoms with E-state index in [1.165, 1.54) is 0 Å². The zero-order chi connectivity index (χ0) is 20.1. The lowest BCUT2D eigenvalue weighted by Crippen LogP contribution is -2.41. The van der Waals surface area contributed by atoms with Crippen LogP contribution >= 0.6 is 11.6 Å². The number of nitrogens with one attached hydrogen (secondary N) is 1. The summed E-state index contributed by atoms with van der Waals surface area (Å²) < 4.78 is 7.30. The van der Waals surface area contributed by atoms with Gasteiger partial charge in [-0.1, -0.05) is 25.4 Å². The molecule has 1 amide bonds. The second-order valence-electron chi connectivity index (χ2n) is 7.27. The molecule has 0 radical (unpaired) electrons. The van der Waals surface area contributed by atoms with Gasteiger partial charge in [0.2, 0.25) is 5.89 Å². The molecule has 0 aromatic carbocycles. The van der Waals surface area contributed by atoms with Crippen LogP contribution in [-0.4, -0.2) is 47.1 Å². The third kappa shape index (κ3) is 2.89. The molecule has 5 heterocycles. The standard InChI is InChI=1S/C19H18ClN7O2/c1-10(2)17-23-24-18(29-17)19(28)26-7-5-12-15(22-9-21-12)16(26)13-8-14-11(20)4-3-6-27(14)25-13/h3-4,6,8-10,16H,5,7H2,1-2H3,(H,21,22). The van der Waals surface area contributed by atoms with Gasteiger partial charge in [-0.15, -0.1) is 10.2 Å². The van der Waals surface area contributed by atoms with Gasteiger partial charge in [-0.25, -0.2) is 9.50 Å². The molecule has 0 aliphatic carbocycles. The van der Waals surface area contributed by atoms with Gasteiger partial charge in [-0.3, -0.25) is 4.79 Å². The summed E-state index contributed by atoms with van der Waals surface area (Å²) in [5.41, 5.74) is 3.17. The van der Waals surface area contributed by atoms with Crippen molar-refractivity contribution in [1.82, 2.24) is 34.7 Å². The Balaban J connectivity index is 1.60. The Bertz CT molecular complexity index is 1210. The van der Waals surface area contributed by atoms with Crippen molar-refractivity contribution >= 4 is 23.0 Å². The van der Waals surface area contributed by atoms with Crippen LogP contribution < -0.4 is 0 Å². The Labute approximate surface area is 170 Å². The minimum Gasteiger partial charge on any atom is -0.417 e. The Hall–Kier alpha value is -3.20. The van der Waals surface area contributed by atoms with E-state index in [0.29, 0.717) is 29.6 Å². The van der Waals surface area contributed by atoms with Crippen LogP contribution in [0.5, 0.6) is 0 Å². The minimum absolute atomic E-state index is 0.0283. The van der Waals surface area contributed by atoms with E-state index >= 15 is 0 Å². The predicted octanol–water partition coefficient (Wildman–Crippen LogP) is 3.01. The van der Waals surface area contributed by atoms with Crippen molar-refractivity contribution in [1.29, 1.82) is 0 Å². The first-order valence-corrected chi connectivity index (χ1v) is 9.71. The van der Waals surface area contributed by atoms with Crippen LogP contribution in [0.1, 0.15) is 59.5 Å². The van der Waals surface area contributed by atoms with Crippen LogP contribution in [0.4, 0.5) is 0 Å². The number of rotatable bonds is 3. The molecule has 10 heteroatoms. The highest BCUT2D eigenvalue weighted by atomic mass is 35.5. The number of hydrogen-bond acceptors (Lipinski definition) is 6. The van der Waals surface area contributed by atoms with E-state index in [0.717, 1.165) is 16.9 Å². The lowest BCUT2D eigenvalue weighted by molar-refractivity contribution is 0.0643. The van der Waals surface area contributed by atoms with Gasteiger partial charge in [0.25, 0.3) is 0 Å². The number of nitrogens with zero attached hydrogens (tertiary/aromatic N) is 6. The summed E-state index contributed by atoms with van der Waals surface area (Å²) in [7, 11) is 0. The maximum Gasteiger partial charge on any atom is 0.312 e. The van der Waals surface area contributed by atoms with E-state index in [9.17, 15) is 4.79 Å². The number of halogens is 1. The molecule has 0 saturated carbocycles. The summed E-state index contributed by atoms with van der Waals surface area (Å²) in [6.45, 7) is 4.34. The molecule has 9 nitrogen and oxygen atoms in total. The first-order valence-electron chi connectivity index (χ1n) is 9.33. The second kappa shape index (κ2) is 6.70. The van der Waals surface area contributed by atoms with Crippen molar-refractivity contribution in [3.05, 3.63) is 64.6 Å². The third-order valence-corrected chi connectivity index (χ3v) is 5.37. The molecule has 0 bridgehead atoms.